The van der Waals surface area contributed by atoms with Crippen LogP contribution >= 0.6 is 22.7 Å². The number of nitrogen functional groups attached to an aromatic ring is 2. The van der Waals surface area contributed by atoms with E-state index in [1.54, 1.807) is 12.4 Å². The number of pyridine rings is 2. The number of anilines is 3. The molecule has 0 bridgehead atoms. The Morgan fingerprint density at radius 1 is 1.06 bits per heavy atom. The minimum atomic E-state index is -0.399. The second-order valence-corrected chi connectivity index (χ2v) is 10.2. The van der Waals surface area contributed by atoms with Gasteiger partial charge in [-0.15, -0.1) is 22.7 Å². The van der Waals surface area contributed by atoms with Gasteiger partial charge in [-0.05, 0) is 29.2 Å². The van der Waals surface area contributed by atoms with E-state index in [9.17, 15) is 10.1 Å². The van der Waals surface area contributed by atoms with Crippen molar-refractivity contribution in [3.63, 3.8) is 0 Å². The summed E-state index contributed by atoms with van der Waals surface area (Å²) in [6.07, 6.45) is 3.37. The van der Waals surface area contributed by atoms with Gasteiger partial charge in [0.05, 0.1) is 11.4 Å². The summed E-state index contributed by atoms with van der Waals surface area (Å²) >= 11 is 2.45. The lowest BCUT2D eigenvalue weighted by atomic mass is 9.94. The lowest BCUT2D eigenvalue weighted by Gasteiger charge is -2.11. The lowest BCUT2D eigenvalue weighted by Crippen LogP contribution is -2.11. The first-order chi connectivity index (χ1) is 17.4. The number of carbonyl (C=O) groups is 1. The maximum absolute atomic E-state index is 13.2. The monoisotopic (exact) mass is 511 g/mol. The third-order valence-electron chi connectivity index (χ3n) is 5.79. The van der Waals surface area contributed by atoms with Crippen molar-refractivity contribution in [3.8, 4) is 28.5 Å². The zero-order chi connectivity index (χ0) is 25.4. The first-order valence-corrected chi connectivity index (χ1v) is 12.8. The molecule has 0 aliphatic heterocycles. The van der Waals surface area contributed by atoms with Gasteiger partial charge in [-0.3, -0.25) is 15.1 Å². The van der Waals surface area contributed by atoms with E-state index in [1.165, 1.54) is 16.9 Å². The Morgan fingerprint density at radius 2 is 1.78 bits per heavy atom. The Hall–Kier alpha value is -4.33. The van der Waals surface area contributed by atoms with Gasteiger partial charge in [-0.1, -0.05) is 38.1 Å². The van der Waals surface area contributed by atoms with Gasteiger partial charge >= 0.3 is 0 Å². The molecule has 10 heteroatoms. The predicted octanol–water partition coefficient (Wildman–Crippen LogP) is 5.89. The van der Waals surface area contributed by atoms with E-state index in [4.69, 9.17) is 11.5 Å². The molecule has 0 fully saturated rings. The van der Waals surface area contributed by atoms with E-state index in [0.717, 1.165) is 28.2 Å². The molecule has 0 unspecified atom stereocenters. The molecule has 0 aliphatic carbocycles. The number of nitriles is 1. The van der Waals surface area contributed by atoms with E-state index < -0.39 is 5.91 Å². The fourth-order valence-corrected chi connectivity index (χ4v) is 5.64. The molecule has 36 heavy (non-hydrogen) atoms. The highest BCUT2D eigenvalue weighted by molar-refractivity contribution is 7.21. The van der Waals surface area contributed by atoms with Gasteiger partial charge in [0.25, 0.3) is 5.91 Å². The quantitative estimate of drug-likeness (QED) is 0.267. The highest BCUT2D eigenvalue weighted by atomic mass is 32.1. The topological polar surface area (TPSA) is 144 Å². The van der Waals surface area contributed by atoms with Crippen molar-refractivity contribution in [2.45, 2.75) is 19.8 Å². The number of fused-ring (bicyclic) bond motifs is 1. The number of thiophene rings is 1. The van der Waals surface area contributed by atoms with Crippen LogP contribution in [-0.2, 0) is 0 Å². The summed E-state index contributed by atoms with van der Waals surface area (Å²) in [6.45, 7) is 4.23. The highest BCUT2D eigenvalue weighted by Gasteiger charge is 2.25. The average Bonchev–Trinajstić information content (AvgIpc) is 3.48. The van der Waals surface area contributed by atoms with E-state index in [1.807, 2.05) is 41.8 Å². The molecule has 0 saturated carbocycles. The van der Waals surface area contributed by atoms with Crippen LogP contribution in [0.15, 0.2) is 54.2 Å². The van der Waals surface area contributed by atoms with Crippen molar-refractivity contribution < 1.29 is 4.79 Å². The lowest BCUT2D eigenvalue weighted by molar-refractivity contribution is 0.103. The average molecular weight is 512 g/mol. The molecule has 5 rings (SSSR count). The number of aromatic nitrogens is 3. The summed E-state index contributed by atoms with van der Waals surface area (Å²) in [6, 6.07) is 13.8. The summed E-state index contributed by atoms with van der Waals surface area (Å²) in [4.78, 5) is 26.9. The Kier molecular flexibility index (Phi) is 6.10. The molecule has 8 nitrogen and oxygen atoms in total. The van der Waals surface area contributed by atoms with Gasteiger partial charge in [-0.25, -0.2) is 9.97 Å². The van der Waals surface area contributed by atoms with Gasteiger partial charge in [-0.2, -0.15) is 5.26 Å². The molecular formula is C26H21N7OS2. The molecule has 4 aromatic heterocycles. The Morgan fingerprint density at radius 3 is 2.44 bits per heavy atom. The highest BCUT2D eigenvalue weighted by Crippen LogP contribution is 2.43. The van der Waals surface area contributed by atoms with Gasteiger partial charge in [0, 0.05) is 34.3 Å². The van der Waals surface area contributed by atoms with Crippen LogP contribution in [0.3, 0.4) is 0 Å². The minimum absolute atomic E-state index is 0.100. The summed E-state index contributed by atoms with van der Waals surface area (Å²) in [7, 11) is 0. The number of carbonyl (C=O) groups excluding carboxylic acids is 1. The van der Waals surface area contributed by atoms with Crippen LogP contribution < -0.4 is 16.8 Å². The van der Waals surface area contributed by atoms with Gasteiger partial charge < -0.3 is 11.5 Å². The number of nitrogens with two attached hydrogens (primary N) is 2. The summed E-state index contributed by atoms with van der Waals surface area (Å²) in [5.41, 5.74) is 17.3. The molecule has 0 saturated heterocycles. The third kappa shape index (κ3) is 4.15. The summed E-state index contributed by atoms with van der Waals surface area (Å²) < 4.78 is 0. The van der Waals surface area contributed by atoms with Crippen molar-refractivity contribution in [1.82, 2.24) is 15.0 Å². The van der Waals surface area contributed by atoms with Crippen molar-refractivity contribution in [3.05, 3.63) is 70.2 Å². The molecule has 1 amide bonds. The normalized spacial score (nSPS) is 11.1. The largest absolute Gasteiger partial charge is 0.397 e. The van der Waals surface area contributed by atoms with Crippen LogP contribution in [0.2, 0.25) is 0 Å². The SMILES string of the molecule is CC(C)c1ccc(-c2c(C#N)c(N)nc3sc(C(=O)Nc4nc(-c5ccncc5)cs4)c(N)c23)cc1. The van der Waals surface area contributed by atoms with Crippen LogP contribution in [0.4, 0.5) is 16.6 Å². The maximum atomic E-state index is 13.2. The minimum Gasteiger partial charge on any atom is -0.397 e. The molecule has 178 valence electrons. The smallest absolute Gasteiger partial charge is 0.269 e. The van der Waals surface area contributed by atoms with Crippen LogP contribution in [0.25, 0.3) is 32.6 Å². The molecule has 0 spiro atoms. The predicted molar refractivity (Wildman–Crippen MR) is 146 cm³/mol. The van der Waals surface area contributed by atoms with E-state index in [2.05, 4.69) is 40.2 Å². The standard InChI is InChI=1S/C26H21N7OS2/c1-13(2)14-3-5-16(6-4-14)19-17(11-27)23(29)32-25-20(19)21(28)22(36-25)24(34)33-26-31-18(12-35-26)15-7-9-30-10-8-15/h3-10,12-13H,28H2,1-2H3,(H2,29,32)(H,31,33,34). The zero-order valence-electron chi connectivity index (χ0n) is 19.4. The number of rotatable bonds is 5. The molecule has 4 heterocycles. The van der Waals surface area contributed by atoms with E-state index in [-0.39, 0.29) is 21.9 Å². The van der Waals surface area contributed by atoms with Crippen LogP contribution in [0.5, 0.6) is 0 Å². The van der Waals surface area contributed by atoms with Gasteiger partial charge in [0.1, 0.15) is 27.2 Å². The fourth-order valence-electron chi connectivity index (χ4n) is 3.92. The summed E-state index contributed by atoms with van der Waals surface area (Å²) in [5, 5.41) is 15.5. The maximum Gasteiger partial charge on any atom is 0.269 e. The van der Waals surface area contributed by atoms with Crippen LogP contribution in [-0.4, -0.2) is 20.9 Å². The molecule has 1 aromatic carbocycles. The number of benzene rings is 1. The van der Waals surface area contributed by atoms with Crippen molar-refractivity contribution in [2.75, 3.05) is 16.8 Å². The Balaban J connectivity index is 1.55. The molecular weight excluding hydrogens is 490 g/mol. The molecule has 5 N–H and O–H groups in total. The first-order valence-electron chi connectivity index (χ1n) is 11.1. The second kappa shape index (κ2) is 9.37. The van der Waals surface area contributed by atoms with Crippen molar-refractivity contribution in [2.24, 2.45) is 0 Å². The molecule has 0 radical (unpaired) electrons. The van der Waals surface area contributed by atoms with Gasteiger partial charge in [0.2, 0.25) is 0 Å². The Labute approximate surface area is 215 Å². The van der Waals surface area contributed by atoms with E-state index in [0.29, 0.717) is 26.8 Å². The molecule has 0 atom stereocenters. The first kappa shape index (κ1) is 23.4. The third-order valence-corrected chi connectivity index (χ3v) is 7.65. The fraction of sp³-hybridized carbons (Fsp3) is 0.115. The van der Waals surface area contributed by atoms with E-state index >= 15 is 0 Å². The van der Waals surface area contributed by atoms with Crippen molar-refractivity contribution >= 4 is 55.4 Å². The molecule has 0 aliphatic rings. The molecule has 5 aromatic rings. The number of thiazole rings is 1. The summed E-state index contributed by atoms with van der Waals surface area (Å²) in [5.74, 6) is 0.0656. The second-order valence-electron chi connectivity index (χ2n) is 8.39. The van der Waals surface area contributed by atoms with Crippen LogP contribution in [0, 0.1) is 11.3 Å². The number of hydrogen-bond donors (Lipinski definition) is 3. The van der Waals surface area contributed by atoms with Crippen molar-refractivity contribution in [1.29, 1.82) is 5.26 Å². The number of hydrogen-bond acceptors (Lipinski definition) is 9. The number of amides is 1. The van der Waals surface area contributed by atoms with Crippen LogP contribution in [0.1, 0.15) is 40.6 Å². The Bertz CT molecular complexity index is 1630. The zero-order valence-corrected chi connectivity index (χ0v) is 21.1. The van der Waals surface area contributed by atoms with Gasteiger partial charge in [0.15, 0.2) is 5.13 Å². The number of nitrogens with one attached hydrogen (secondary N) is 1. The number of nitrogens with zero attached hydrogens (tertiary/aromatic N) is 4.